The van der Waals surface area contributed by atoms with Crippen molar-refractivity contribution in [1.29, 1.82) is 0 Å². The lowest BCUT2D eigenvalue weighted by atomic mass is 9.80. The van der Waals surface area contributed by atoms with E-state index in [4.69, 9.17) is 0 Å². The summed E-state index contributed by atoms with van der Waals surface area (Å²) in [5.41, 5.74) is 25.4. The summed E-state index contributed by atoms with van der Waals surface area (Å²) in [6.45, 7) is 0. The normalized spacial score (nSPS) is 13.1. The van der Waals surface area contributed by atoms with Crippen LogP contribution < -0.4 is 0 Å². The van der Waals surface area contributed by atoms with Crippen LogP contribution in [0.1, 0.15) is 67.5 Å². The molecule has 0 saturated carbocycles. The third-order valence-corrected chi connectivity index (χ3v) is 13.5. The largest absolute Gasteiger partial charge is 0.0622 e. The van der Waals surface area contributed by atoms with Gasteiger partial charge in [-0.15, -0.1) is 0 Å². The fourth-order valence-corrected chi connectivity index (χ4v) is 10.7. The highest BCUT2D eigenvalue weighted by Gasteiger charge is 2.31. The van der Waals surface area contributed by atoms with E-state index in [9.17, 15) is 0 Å². The zero-order valence-corrected chi connectivity index (χ0v) is 35.4. The molecular weight excluding hydrogens is 769 g/mol. The van der Waals surface area contributed by atoms with Gasteiger partial charge in [0.25, 0.3) is 0 Å². The lowest BCUT2D eigenvalue weighted by molar-refractivity contribution is 1.02. The Bertz CT molecular complexity index is 3030. The molecule has 0 bridgehead atoms. The van der Waals surface area contributed by atoms with Crippen LogP contribution in [0.3, 0.4) is 0 Å². The predicted octanol–water partition coefficient (Wildman–Crippen LogP) is 16.3. The minimum atomic E-state index is 0.205. The molecule has 0 N–H and O–H groups in total. The Hall–Kier alpha value is -8.06. The molecule has 300 valence electrons. The maximum absolute atomic E-state index is 2.35. The zero-order chi connectivity index (χ0) is 42.4. The van der Waals surface area contributed by atoms with Crippen LogP contribution in [0.15, 0.2) is 255 Å². The van der Waals surface area contributed by atoms with Crippen molar-refractivity contribution in [1.82, 2.24) is 0 Å². The van der Waals surface area contributed by atoms with E-state index in [-0.39, 0.29) is 11.8 Å². The Kier molecular flexibility index (Phi) is 9.42. The van der Waals surface area contributed by atoms with Gasteiger partial charge in [0.05, 0.1) is 0 Å². The minimum Gasteiger partial charge on any atom is -0.0622 e. The highest BCUT2D eigenvalue weighted by atomic mass is 14.3. The van der Waals surface area contributed by atoms with Crippen LogP contribution in [0.5, 0.6) is 0 Å². The van der Waals surface area contributed by atoms with Gasteiger partial charge in [-0.3, -0.25) is 0 Å². The molecule has 0 spiro atoms. The second kappa shape index (κ2) is 16.0. The summed E-state index contributed by atoms with van der Waals surface area (Å²) in [4.78, 5) is 0. The van der Waals surface area contributed by atoms with E-state index in [1.54, 1.807) is 0 Å². The number of benzene rings is 10. The molecule has 0 amide bonds. The Balaban J connectivity index is 1.01. The van der Waals surface area contributed by atoms with E-state index in [0.29, 0.717) is 0 Å². The minimum absolute atomic E-state index is 0.205. The van der Waals surface area contributed by atoms with E-state index in [0.717, 1.165) is 0 Å². The van der Waals surface area contributed by atoms with Gasteiger partial charge in [-0.1, -0.05) is 255 Å². The van der Waals surface area contributed by atoms with Gasteiger partial charge in [0.1, 0.15) is 0 Å². The Morgan fingerprint density at radius 3 is 0.812 bits per heavy atom. The molecule has 2 aliphatic rings. The third-order valence-electron chi connectivity index (χ3n) is 13.5. The fourth-order valence-electron chi connectivity index (χ4n) is 10.7. The first-order chi connectivity index (χ1) is 31.8. The molecule has 0 saturated heterocycles. The van der Waals surface area contributed by atoms with Gasteiger partial charge in [0, 0.05) is 11.8 Å². The van der Waals surface area contributed by atoms with Gasteiger partial charge in [-0.2, -0.15) is 0 Å². The van der Waals surface area contributed by atoms with Crippen molar-refractivity contribution in [2.75, 3.05) is 0 Å². The standard InChI is InChI=1S/C64H44/c1-3-19-45(20-4-1)63(55-29-13-7-23-49(55)43-35-39-47(40-36-43)61-57-31-15-9-25-51(57)52-26-10-16-32-58(52)61)64(46-21-5-2-6-22-46)56-30-14-8-24-50(56)44-37-41-48(42-38-44)62-59-33-17-11-27-53(59)54-28-12-18-34-60(54)62/h1-42,61-62H. The molecule has 0 fully saturated rings. The number of rotatable bonds is 8. The van der Waals surface area contributed by atoms with Crippen LogP contribution in [0.2, 0.25) is 0 Å². The van der Waals surface area contributed by atoms with Gasteiger partial charge in [-0.05, 0) is 111 Å². The van der Waals surface area contributed by atoms with Gasteiger partial charge in [0.15, 0.2) is 0 Å². The molecule has 10 aromatic carbocycles. The number of fused-ring (bicyclic) bond motifs is 6. The molecule has 12 rings (SSSR count). The van der Waals surface area contributed by atoms with Gasteiger partial charge in [-0.25, -0.2) is 0 Å². The smallest absolute Gasteiger partial charge is 0.0352 e. The molecule has 2 aliphatic carbocycles. The van der Waals surface area contributed by atoms with Crippen LogP contribution in [0.25, 0.3) is 55.7 Å². The van der Waals surface area contributed by atoms with E-state index >= 15 is 0 Å². The SMILES string of the molecule is c1ccc(C(=C(c2ccccc2)c2ccccc2-c2ccc(C3c4ccccc4-c4ccccc43)cc2)c2ccccc2-c2ccc(C3c4ccccc4-c4ccccc43)cc2)cc1. The maximum Gasteiger partial charge on any atom is 0.0352 e. The van der Waals surface area contributed by atoms with Crippen molar-refractivity contribution < 1.29 is 0 Å². The topological polar surface area (TPSA) is 0 Å². The summed E-state index contributed by atoms with van der Waals surface area (Å²) in [6.07, 6.45) is 0. The van der Waals surface area contributed by atoms with Crippen molar-refractivity contribution in [3.8, 4) is 44.5 Å². The van der Waals surface area contributed by atoms with Crippen LogP contribution in [-0.2, 0) is 0 Å². The van der Waals surface area contributed by atoms with Gasteiger partial charge in [0.2, 0.25) is 0 Å². The molecule has 0 heterocycles. The highest BCUT2D eigenvalue weighted by molar-refractivity contribution is 6.09. The Labute approximate surface area is 376 Å². The van der Waals surface area contributed by atoms with Crippen molar-refractivity contribution in [2.24, 2.45) is 0 Å². The molecule has 0 aliphatic heterocycles. The first-order valence-corrected chi connectivity index (χ1v) is 22.4. The second-order valence-corrected chi connectivity index (χ2v) is 17.0. The summed E-state index contributed by atoms with van der Waals surface area (Å²) < 4.78 is 0. The molecule has 0 aromatic heterocycles. The van der Waals surface area contributed by atoms with Gasteiger partial charge < -0.3 is 0 Å². The first kappa shape index (κ1) is 37.7. The maximum atomic E-state index is 2.35. The summed E-state index contributed by atoms with van der Waals surface area (Å²) in [5, 5.41) is 0. The lowest BCUT2D eigenvalue weighted by Crippen LogP contribution is -2.02. The average Bonchev–Trinajstić information content (AvgIpc) is 3.89. The Morgan fingerprint density at radius 2 is 0.484 bits per heavy atom. The van der Waals surface area contributed by atoms with Crippen molar-refractivity contribution in [3.63, 3.8) is 0 Å². The molecule has 0 atom stereocenters. The predicted molar refractivity (Wildman–Crippen MR) is 267 cm³/mol. The number of hydrogen-bond acceptors (Lipinski definition) is 0. The van der Waals surface area contributed by atoms with E-state index in [2.05, 4.69) is 255 Å². The molecule has 0 unspecified atom stereocenters. The second-order valence-electron chi connectivity index (χ2n) is 17.0. The van der Waals surface area contributed by atoms with E-state index in [1.807, 2.05) is 0 Å². The number of hydrogen-bond donors (Lipinski definition) is 0. The summed E-state index contributed by atoms with van der Waals surface area (Å²) in [5.74, 6) is 0.410. The van der Waals surface area contributed by atoms with Crippen molar-refractivity contribution >= 4 is 11.1 Å². The van der Waals surface area contributed by atoms with Gasteiger partial charge >= 0.3 is 0 Å². The van der Waals surface area contributed by atoms with Crippen LogP contribution in [-0.4, -0.2) is 0 Å². The van der Waals surface area contributed by atoms with E-state index < -0.39 is 0 Å². The lowest BCUT2D eigenvalue weighted by Gasteiger charge is -2.23. The van der Waals surface area contributed by atoms with Crippen molar-refractivity contribution in [2.45, 2.75) is 11.8 Å². The monoisotopic (exact) mass is 812 g/mol. The zero-order valence-electron chi connectivity index (χ0n) is 35.4. The van der Waals surface area contributed by atoms with E-state index in [1.165, 1.54) is 111 Å². The Morgan fingerprint density at radius 1 is 0.219 bits per heavy atom. The summed E-state index contributed by atoms with van der Waals surface area (Å²) in [7, 11) is 0. The van der Waals surface area contributed by atoms with Crippen LogP contribution >= 0.6 is 0 Å². The van der Waals surface area contributed by atoms with Crippen molar-refractivity contribution in [3.05, 3.63) is 310 Å². The summed E-state index contributed by atoms with van der Waals surface area (Å²) in [6, 6.07) is 94.2. The molecular formula is C64H44. The molecule has 10 aromatic rings. The summed E-state index contributed by atoms with van der Waals surface area (Å²) >= 11 is 0. The average molecular weight is 813 g/mol. The molecule has 64 heavy (non-hydrogen) atoms. The van der Waals surface area contributed by atoms with Crippen LogP contribution in [0.4, 0.5) is 0 Å². The third kappa shape index (κ3) is 6.38. The quantitative estimate of drug-likeness (QED) is 0.134. The van der Waals surface area contributed by atoms with Crippen LogP contribution in [0, 0.1) is 0 Å². The molecule has 0 nitrogen and oxygen atoms in total. The fraction of sp³-hybridized carbons (Fsp3) is 0.0312. The molecule has 0 radical (unpaired) electrons. The highest BCUT2D eigenvalue weighted by Crippen LogP contribution is 2.50. The molecule has 0 heteroatoms. The first-order valence-electron chi connectivity index (χ1n) is 22.4.